The van der Waals surface area contributed by atoms with E-state index >= 15 is 0 Å². The van der Waals surface area contributed by atoms with Gasteiger partial charge in [0.15, 0.2) is 0 Å². The summed E-state index contributed by atoms with van der Waals surface area (Å²) < 4.78 is 0. The van der Waals surface area contributed by atoms with Crippen LogP contribution in [0.1, 0.15) is 20.8 Å². The summed E-state index contributed by atoms with van der Waals surface area (Å²) in [6.45, 7) is 5.14. The van der Waals surface area contributed by atoms with E-state index in [2.05, 4.69) is 16.0 Å². The smallest absolute Gasteiger partial charge is 0.248 e. The number of imide groups is 1. The van der Waals surface area contributed by atoms with E-state index in [4.69, 9.17) is 10.8 Å². The van der Waals surface area contributed by atoms with E-state index in [1.807, 2.05) is 0 Å². The fraction of sp³-hybridized carbons (Fsp3) is 0.750. The standard InChI is InChI=1S/C12H24N4O4/c1-7(2)10(13)12(20)15-8(3)11(19)16-9(18)6-14-4-5-17/h7-8,10,14,17H,4-6,13H2,1-3H3,(H,15,20)(H,16,18,19)/t8-,10-/m0/s1. The number of rotatable bonds is 8. The van der Waals surface area contributed by atoms with Crippen LogP contribution in [0, 0.1) is 5.92 Å². The molecule has 0 aliphatic heterocycles. The Morgan fingerprint density at radius 2 is 1.75 bits per heavy atom. The van der Waals surface area contributed by atoms with Crippen molar-refractivity contribution in [1.82, 2.24) is 16.0 Å². The second kappa shape index (κ2) is 9.40. The van der Waals surface area contributed by atoms with E-state index in [0.29, 0.717) is 0 Å². The van der Waals surface area contributed by atoms with Crippen molar-refractivity contribution in [3.05, 3.63) is 0 Å². The average Bonchev–Trinajstić information content (AvgIpc) is 2.37. The first-order chi connectivity index (χ1) is 9.29. The Balaban J connectivity index is 4.15. The maximum atomic E-state index is 11.7. The van der Waals surface area contributed by atoms with E-state index in [9.17, 15) is 14.4 Å². The van der Waals surface area contributed by atoms with Crippen molar-refractivity contribution in [2.45, 2.75) is 32.9 Å². The third-order valence-corrected chi connectivity index (χ3v) is 2.61. The van der Waals surface area contributed by atoms with Crippen LogP contribution < -0.4 is 21.7 Å². The molecule has 0 aromatic heterocycles. The van der Waals surface area contributed by atoms with Crippen molar-refractivity contribution >= 4 is 17.7 Å². The van der Waals surface area contributed by atoms with E-state index in [1.54, 1.807) is 13.8 Å². The minimum Gasteiger partial charge on any atom is -0.395 e. The largest absolute Gasteiger partial charge is 0.395 e. The molecule has 0 saturated carbocycles. The van der Waals surface area contributed by atoms with Crippen molar-refractivity contribution in [3.63, 3.8) is 0 Å². The molecular formula is C12H24N4O4. The van der Waals surface area contributed by atoms with E-state index in [0.717, 1.165) is 0 Å². The first-order valence-electron chi connectivity index (χ1n) is 6.50. The molecule has 0 aliphatic rings. The van der Waals surface area contributed by atoms with E-state index in [1.165, 1.54) is 6.92 Å². The Morgan fingerprint density at radius 1 is 1.15 bits per heavy atom. The molecule has 8 nitrogen and oxygen atoms in total. The molecule has 116 valence electrons. The first-order valence-corrected chi connectivity index (χ1v) is 6.50. The normalized spacial score (nSPS) is 13.7. The monoisotopic (exact) mass is 288 g/mol. The fourth-order valence-electron chi connectivity index (χ4n) is 1.25. The minimum absolute atomic E-state index is 0.0467. The van der Waals surface area contributed by atoms with Crippen LogP contribution in [0.2, 0.25) is 0 Å². The van der Waals surface area contributed by atoms with Crippen LogP contribution in [0.25, 0.3) is 0 Å². The summed E-state index contributed by atoms with van der Waals surface area (Å²) in [4.78, 5) is 34.7. The third kappa shape index (κ3) is 7.17. The van der Waals surface area contributed by atoms with Gasteiger partial charge < -0.3 is 21.5 Å². The summed E-state index contributed by atoms with van der Waals surface area (Å²) in [6.07, 6.45) is 0. The van der Waals surface area contributed by atoms with Crippen molar-refractivity contribution in [2.75, 3.05) is 19.7 Å². The van der Waals surface area contributed by atoms with Crippen molar-refractivity contribution in [2.24, 2.45) is 11.7 Å². The zero-order valence-corrected chi connectivity index (χ0v) is 12.1. The van der Waals surface area contributed by atoms with E-state index in [-0.39, 0.29) is 25.6 Å². The van der Waals surface area contributed by atoms with Gasteiger partial charge in [-0.15, -0.1) is 0 Å². The van der Waals surface area contributed by atoms with Crippen molar-refractivity contribution in [1.29, 1.82) is 0 Å². The number of aliphatic hydroxyl groups excluding tert-OH is 1. The van der Waals surface area contributed by atoms with Crippen LogP contribution in [0.4, 0.5) is 0 Å². The second-order valence-electron chi connectivity index (χ2n) is 4.81. The highest BCUT2D eigenvalue weighted by atomic mass is 16.3. The Bertz CT molecular complexity index is 346. The molecule has 0 saturated heterocycles. The Morgan fingerprint density at radius 3 is 2.25 bits per heavy atom. The molecule has 0 heterocycles. The lowest BCUT2D eigenvalue weighted by Gasteiger charge is -2.19. The summed E-state index contributed by atoms with van der Waals surface area (Å²) in [6, 6.07) is -1.55. The molecule has 3 amide bonds. The van der Waals surface area contributed by atoms with Gasteiger partial charge in [-0.1, -0.05) is 13.8 Å². The first kappa shape index (κ1) is 18.5. The number of aliphatic hydroxyl groups is 1. The maximum absolute atomic E-state index is 11.7. The molecule has 0 fully saturated rings. The number of hydrogen-bond donors (Lipinski definition) is 5. The minimum atomic E-state index is -0.853. The predicted molar refractivity (Wildman–Crippen MR) is 73.5 cm³/mol. The number of carbonyl (C=O) groups excluding carboxylic acids is 3. The third-order valence-electron chi connectivity index (χ3n) is 2.61. The fourth-order valence-corrected chi connectivity index (χ4v) is 1.25. The molecule has 0 rings (SSSR count). The van der Waals surface area contributed by atoms with Crippen molar-refractivity contribution < 1.29 is 19.5 Å². The molecular weight excluding hydrogens is 264 g/mol. The number of hydrogen-bond acceptors (Lipinski definition) is 6. The molecule has 2 atom stereocenters. The van der Waals surface area contributed by atoms with Crippen LogP contribution in [0.5, 0.6) is 0 Å². The summed E-state index contributed by atoms with van der Waals surface area (Å²) in [7, 11) is 0. The summed E-state index contributed by atoms with van der Waals surface area (Å²) >= 11 is 0. The molecule has 0 spiro atoms. The molecule has 20 heavy (non-hydrogen) atoms. The molecule has 0 radical (unpaired) electrons. The van der Waals surface area contributed by atoms with Gasteiger partial charge in [0.25, 0.3) is 0 Å². The summed E-state index contributed by atoms with van der Waals surface area (Å²) in [5.41, 5.74) is 5.65. The van der Waals surface area contributed by atoms with Crippen molar-refractivity contribution in [3.8, 4) is 0 Å². The van der Waals surface area contributed by atoms with Gasteiger partial charge >= 0.3 is 0 Å². The van der Waals surface area contributed by atoms with Gasteiger partial charge in [-0.3, -0.25) is 19.7 Å². The Kier molecular flexibility index (Phi) is 8.69. The molecule has 6 N–H and O–H groups in total. The van der Waals surface area contributed by atoms with Crippen LogP contribution in [0.15, 0.2) is 0 Å². The van der Waals surface area contributed by atoms with Gasteiger partial charge in [0.05, 0.1) is 19.2 Å². The molecule has 0 aromatic carbocycles. The average molecular weight is 288 g/mol. The van der Waals surface area contributed by atoms with Gasteiger partial charge in [-0.25, -0.2) is 0 Å². The van der Waals surface area contributed by atoms with E-state index < -0.39 is 29.8 Å². The highest BCUT2D eigenvalue weighted by Crippen LogP contribution is 1.98. The number of amides is 3. The molecule has 0 aromatic rings. The highest BCUT2D eigenvalue weighted by molar-refractivity contribution is 6.00. The van der Waals surface area contributed by atoms with Crippen LogP contribution in [-0.2, 0) is 14.4 Å². The van der Waals surface area contributed by atoms with Gasteiger partial charge in [0, 0.05) is 6.54 Å². The molecule has 8 heteroatoms. The Hall–Kier alpha value is -1.51. The van der Waals surface area contributed by atoms with Crippen LogP contribution in [0.3, 0.4) is 0 Å². The van der Waals surface area contributed by atoms with Crippen LogP contribution in [-0.4, -0.2) is 54.6 Å². The number of carbonyl (C=O) groups is 3. The Labute approximate surface area is 118 Å². The van der Waals surface area contributed by atoms with Gasteiger partial charge in [-0.2, -0.15) is 0 Å². The lowest BCUT2D eigenvalue weighted by Crippen LogP contribution is -2.53. The molecule has 0 bridgehead atoms. The maximum Gasteiger partial charge on any atom is 0.248 e. The zero-order chi connectivity index (χ0) is 15.7. The van der Waals surface area contributed by atoms with Crippen LogP contribution >= 0.6 is 0 Å². The lowest BCUT2D eigenvalue weighted by atomic mass is 10.0. The SMILES string of the molecule is CC(C)[C@H](N)C(=O)N[C@@H](C)C(=O)NC(=O)CNCCO. The topological polar surface area (TPSA) is 134 Å². The quantitative estimate of drug-likeness (QED) is 0.319. The summed E-state index contributed by atoms with van der Waals surface area (Å²) in [5.74, 6) is -1.62. The van der Waals surface area contributed by atoms with Gasteiger partial charge in [-0.05, 0) is 12.8 Å². The number of nitrogens with one attached hydrogen (secondary N) is 3. The second-order valence-corrected chi connectivity index (χ2v) is 4.81. The zero-order valence-electron chi connectivity index (χ0n) is 12.1. The number of nitrogens with two attached hydrogens (primary N) is 1. The van der Waals surface area contributed by atoms with Gasteiger partial charge in [0.2, 0.25) is 17.7 Å². The lowest BCUT2D eigenvalue weighted by molar-refractivity contribution is -0.134. The van der Waals surface area contributed by atoms with Gasteiger partial charge in [0.1, 0.15) is 6.04 Å². The highest BCUT2D eigenvalue weighted by Gasteiger charge is 2.22. The molecule has 0 unspecified atom stereocenters. The molecule has 0 aliphatic carbocycles. The summed E-state index contributed by atoms with van der Waals surface area (Å²) in [5, 5.41) is 15.7. The predicted octanol–water partition coefficient (Wildman–Crippen LogP) is -2.30.